The molecule has 0 saturated carbocycles. The highest BCUT2D eigenvalue weighted by Gasteiger charge is 2.11. The molecule has 0 amide bonds. The molecule has 1 N–H and O–H groups in total. The fourth-order valence-electron chi connectivity index (χ4n) is 2.23. The van der Waals surface area contributed by atoms with Crippen molar-refractivity contribution in [2.24, 2.45) is 0 Å². The van der Waals surface area contributed by atoms with E-state index in [9.17, 15) is 9.18 Å². The largest absolute Gasteiger partial charge is 0.490 e. The van der Waals surface area contributed by atoms with Gasteiger partial charge in [0.1, 0.15) is 0 Å². The molecule has 2 rings (SSSR count). The number of nitrogens with zero attached hydrogens (tertiary/aromatic N) is 1. The molecule has 0 fully saturated rings. The van der Waals surface area contributed by atoms with Crippen LogP contribution in [0.2, 0.25) is 0 Å². The van der Waals surface area contributed by atoms with Crippen LogP contribution in [0.5, 0.6) is 5.75 Å². The molecule has 0 atom stereocenters. The van der Waals surface area contributed by atoms with Crippen LogP contribution in [0.1, 0.15) is 47.6 Å². The number of methoxy groups -OCH3 is 1. The summed E-state index contributed by atoms with van der Waals surface area (Å²) in [7, 11) is 1.28. The Morgan fingerprint density at radius 3 is 2.58 bits per heavy atom. The lowest BCUT2D eigenvalue weighted by Gasteiger charge is -2.09. The topological polar surface area (TPSA) is 64.2 Å². The summed E-state index contributed by atoms with van der Waals surface area (Å²) in [5.41, 5.74) is 3.43. The van der Waals surface area contributed by atoms with Gasteiger partial charge < -0.3 is 9.47 Å². The fourth-order valence-corrected chi connectivity index (χ4v) is 2.23. The number of nitrogens with one attached hydrogen (secondary N) is 1. The lowest BCUT2D eigenvalue weighted by Crippen LogP contribution is -2.05. The molecule has 6 heteroatoms. The average Bonchev–Trinajstić information content (AvgIpc) is 2.92. The maximum atomic E-state index is 13.7. The van der Waals surface area contributed by atoms with Crippen molar-refractivity contribution in [3.63, 3.8) is 0 Å². The van der Waals surface area contributed by atoms with Gasteiger partial charge in [0.2, 0.25) is 0 Å². The van der Waals surface area contributed by atoms with Crippen LogP contribution in [0.4, 0.5) is 4.39 Å². The van der Waals surface area contributed by atoms with Crippen molar-refractivity contribution in [3.8, 4) is 5.75 Å². The molecule has 0 bridgehead atoms. The summed E-state index contributed by atoms with van der Waals surface area (Å²) < 4.78 is 23.7. The van der Waals surface area contributed by atoms with E-state index in [4.69, 9.17) is 4.74 Å². The van der Waals surface area contributed by atoms with Gasteiger partial charge in [-0.3, -0.25) is 5.10 Å². The molecule has 0 aliphatic carbocycles. The fraction of sp³-hybridized carbons (Fsp3) is 0.444. The Labute approximate surface area is 142 Å². The Kier molecular flexibility index (Phi) is 7.95. The van der Waals surface area contributed by atoms with Gasteiger partial charge in [0.15, 0.2) is 11.6 Å². The van der Waals surface area contributed by atoms with Crippen LogP contribution in [0.15, 0.2) is 18.2 Å². The monoisotopic (exact) mass is 336 g/mol. The minimum atomic E-state index is -0.519. The highest BCUT2D eigenvalue weighted by Crippen LogP contribution is 2.20. The first-order valence-corrected chi connectivity index (χ1v) is 8.04. The maximum absolute atomic E-state index is 13.7. The Balaban J connectivity index is 0.00000139. The molecule has 0 aliphatic heterocycles. The van der Waals surface area contributed by atoms with E-state index in [1.807, 2.05) is 27.7 Å². The van der Waals surface area contributed by atoms with E-state index in [0.29, 0.717) is 6.61 Å². The van der Waals surface area contributed by atoms with Gasteiger partial charge in [-0.25, -0.2) is 9.18 Å². The van der Waals surface area contributed by atoms with Crippen molar-refractivity contribution < 1.29 is 18.7 Å². The molecule has 1 aromatic heterocycles. The van der Waals surface area contributed by atoms with Gasteiger partial charge >= 0.3 is 5.97 Å². The molecule has 0 radical (unpaired) electrons. The second kappa shape index (κ2) is 9.70. The van der Waals surface area contributed by atoms with E-state index in [1.54, 1.807) is 0 Å². The third kappa shape index (κ3) is 5.08. The van der Waals surface area contributed by atoms with Gasteiger partial charge in [0.25, 0.3) is 0 Å². The normalized spacial score (nSPS) is 9.92. The highest BCUT2D eigenvalue weighted by atomic mass is 19.1. The quantitative estimate of drug-likeness (QED) is 0.640. The third-order valence-corrected chi connectivity index (χ3v) is 3.46. The highest BCUT2D eigenvalue weighted by molar-refractivity contribution is 5.89. The third-order valence-electron chi connectivity index (χ3n) is 3.46. The second-order valence-corrected chi connectivity index (χ2v) is 5.00. The number of aromatic amines is 1. The number of hydrogen-bond acceptors (Lipinski definition) is 4. The summed E-state index contributed by atoms with van der Waals surface area (Å²) in [6.45, 7) is 8.26. The number of rotatable bonds is 6. The SMILES string of the molecule is CC.COC(=O)c1ccc(F)c(OCCCc2c(C)n[nH]c2C)c1. The number of carbonyl (C=O) groups is 1. The van der Waals surface area contributed by atoms with E-state index < -0.39 is 11.8 Å². The van der Waals surface area contributed by atoms with Crippen molar-refractivity contribution in [2.45, 2.75) is 40.5 Å². The number of esters is 1. The number of H-pyrrole nitrogens is 1. The predicted molar refractivity (Wildman–Crippen MR) is 91.0 cm³/mol. The number of aryl methyl sites for hydroxylation is 2. The number of halogens is 1. The van der Waals surface area contributed by atoms with Crippen LogP contribution >= 0.6 is 0 Å². The summed E-state index contributed by atoms with van der Waals surface area (Å²) in [5.74, 6) is -0.957. The number of carbonyl (C=O) groups excluding carboxylic acids is 1. The Hall–Kier alpha value is -2.37. The molecule has 132 valence electrons. The smallest absolute Gasteiger partial charge is 0.337 e. The van der Waals surface area contributed by atoms with Crippen molar-refractivity contribution >= 4 is 5.97 Å². The van der Waals surface area contributed by atoms with E-state index in [0.717, 1.165) is 29.8 Å². The zero-order valence-electron chi connectivity index (χ0n) is 14.9. The van der Waals surface area contributed by atoms with E-state index >= 15 is 0 Å². The zero-order valence-corrected chi connectivity index (χ0v) is 14.9. The summed E-state index contributed by atoms with van der Waals surface area (Å²) in [6, 6.07) is 3.92. The van der Waals surface area contributed by atoms with E-state index in [-0.39, 0.29) is 11.3 Å². The first kappa shape index (κ1) is 19.7. The molecule has 0 aliphatic rings. The van der Waals surface area contributed by atoms with Gasteiger partial charge in [-0.05, 0) is 50.5 Å². The summed E-state index contributed by atoms with van der Waals surface area (Å²) in [4.78, 5) is 11.4. The average molecular weight is 336 g/mol. The van der Waals surface area contributed by atoms with E-state index in [1.165, 1.54) is 25.3 Å². The summed E-state index contributed by atoms with van der Waals surface area (Å²) in [6.07, 6.45) is 1.52. The maximum Gasteiger partial charge on any atom is 0.337 e. The van der Waals surface area contributed by atoms with Crippen molar-refractivity contribution in [3.05, 3.63) is 46.5 Å². The molecule has 1 heterocycles. The van der Waals surface area contributed by atoms with Gasteiger partial charge in [0, 0.05) is 5.69 Å². The molecule has 5 nitrogen and oxygen atoms in total. The van der Waals surface area contributed by atoms with Crippen molar-refractivity contribution in [2.75, 3.05) is 13.7 Å². The van der Waals surface area contributed by atoms with Crippen molar-refractivity contribution in [1.29, 1.82) is 0 Å². The van der Waals surface area contributed by atoms with E-state index in [2.05, 4.69) is 14.9 Å². The van der Waals surface area contributed by atoms with Crippen LogP contribution in [0, 0.1) is 19.7 Å². The number of benzene rings is 1. The summed E-state index contributed by atoms with van der Waals surface area (Å²) >= 11 is 0. The molecular formula is C18H25FN2O3. The molecular weight excluding hydrogens is 311 g/mol. The standard InChI is InChI=1S/C16H19FN2O3.C2H6/c1-10-13(11(2)19-18-10)5-4-8-22-15-9-12(16(20)21-3)6-7-14(15)17;1-2/h6-7,9H,4-5,8H2,1-3H3,(H,18,19);1-2H3. The molecule has 0 saturated heterocycles. The molecule has 0 unspecified atom stereocenters. The Bertz CT molecular complexity index is 649. The number of ether oxygens (including phenoxy) is 2. The number of aromatic nitrogens is 2. The molecule has 24 heavy (non-hydrogen) atoms. The minimum absolute atomic E-state index is 0.0588. The van der Waals surface area contributed by atoms with Gasteiger partial charge in [-0.15, -0.1) is 0 Å². The van der Waals surface area contributed by atoms with Crippen molar-refractivity contribution in [1.82, 2.24) is 10.2 Å². The van der Waals surface area contributed by atoms with Crippen LogP contribution in [-0.2, 0) is 11.2 Å². The first-order valence-electron chi connectivity index (χ1n) is 8.04. The second-order valence-electron chi connectivity index (χ2n) is 5.00. The van der Waals surface area contributed by atoms with Gasteiger partial charge in [-0.1, -0.05) is 13.8 Å². The first-order chi connectivity index (χ1) is 11.5. The van der Waals surface area contributed by atoms with Crippen LogP contribution in [0.25, 0.3) is 0 Å². The lowest BCUT2D eigenvalue weighted by molar-refractivity contribution is 0.0600. The summed E-state index contributed by atoms with van der Waals surface area (Å²) in [5, 5.41) is 7.06. The molecule has 2 aromatic rings. The van der Waals surface area contributed by atoms with Crippen LogP contribution in [-0.4, -0.2) is 29.9 Å². The van der Waals surface area contributed by atoms with Gasteiger partial charge in [0.05, 0.1) is 25.0 Å². The lowest BCUT2D eigenvalue weighted by atomic mass is 10.1. The zero-order chi connectivity index (χ0) is 18.1. The molecule has 0 spiro atoms. The number of hydrogen-bond donors (Lipinski definition) is 1. The van der Waals surface area contributed by atoms with Gasteiger partial charge in [-0.2, -0.15) is 5.10 Å². The van der Waals surface area contributed by atoms with Crippen LogP contribution < -0.4 is 4.74 Å². The Morgan fingerprint density at radius 1 is 1.29 bits per heavy atom. The molecule has 1 aromatic carbocycles. The Morgan fingerprint density at radius 2 is 2.00 bits per heavy atom. The predicted octanol–water partition coefficient (Wildman–Crippen LogP) is 3.99. The minimum Gasteiger partial charge on any atom is -0.490 e. The van der Waals surface area contributed by atoms with Crippen LogP contribution in [0.3, 0.4) is 0 Å².